The molecule has 1 aliphatic rings. The third-order valence-corrected chi connectivity index (χ3v) is 5.23. The zero-order chi connectivity index (χ0) is 16.8. The first-order chi connectivity index (χ1) is 11.7. The van der Waals surface area contributed by atoms with Crippen LogP contribution in [0.1, 0.15) is 37.7 Å². The van der Waals surface area contributed by atoms with E-state index in [4.69, 9.17) is 5.73 Å². The van der Waals surface area contributed by atoms with E-state index in [1.807, 2.05) is 0 Å². The second kappa shape index (κ2) is 8.20. The molecule has 3 rings (SSSR count). The van der Waals surface area contributed by atoms with Gasteiger partial charge in [0.1, 0.15) is 17.0 Å². The minimum atomic E-state index is 0.626. The van der Waals surface area contributed by atoms with Crippen LogP contribution >= 0.6 is 11.8 Å². The second-order valence-corrected chi connectivity index (χ2v) is 7.20. The lowest BCUT2D eigenvalue weighted by molar-refractivity contribution is 0.679. The molecule has 4 nitrogen and oxygen atoms in total. The number of nitrogens with zero attached hydrogens (tertiary/aromatic N) is 2. The highest BCUT2D eigenvalue weighted by Gasteiger charge is 2.10. The molecule has 0 saturated carbocycles. The van der Waals surface area contributed by atoms with E-state index in [0.29, 0.717) is 5.69 Å². The Morgan fingerprint density at radius 2 is 2.00 bits per heavy atom. The van der Waals surface area contributed by atoms with E-state index in [9.17, 15) is 0 Å². The van der Waals surface area contributed by atoms with Gasteiger partial charge in [-0.2, -0.15) is 0 Å². The largest absolute Gasteiger partial charge is 0.394 e. The summed E-state index contributed by atoms with van der Waals surface area (Å²) >= 11 is 1.57. The van der Waals surface area contributed by atoms with Crippen LogP contribution in [0.4, 0.5) is 11.5 Å². The standard InChI is InChI=1S/C19H24N4S/c1-14-7-9-16(10-8-14)24-19-17(20)18(22-13-23-19)21-12-11-15-5-3-2-4-6-15/h5,7-10,13H,2-4,6,11-12,20H2,1H3,(H,21,22,23). The number of hydrogen-bond donors (Lipinski definition) is 2. The molecule has 5 heteroatoms. The van der Waals surface area contributed by atoms with Gasteiger partial charge in [-0.05, 0) is 51.2 Å². The van der Waals surface area contributed by atoms with Crippen molar-refractivity contribution in [3.8, 4) is 0 Å². The lowest BCUT2D eigenvalue weighted by Gasteiger charge is -2.14. The van der Waals surface area contributed by atoms with Crippen LogP contribution in [-0.4, -0.2) is 16.5 Å². The van der Waals surface area contributed by atoms with Crippen LogP contribution in [0.25, 0.3) is 0 Å². The molecule has 24 heavy (non-hydrogen) atoms. The number of allylic oxidation sites excluding steroid dienone is 1. The molecule has 3 N–H and O–H groups in total. The number of nitrogens with one attached hydrogen (secondary N) is 1. The summed E-state index contributed by atoms with van der Waals surface area (Å²) in [6.45, 7) is 2.94. The first kappa shape index (κ1) is 16.8. The summed E-state index contributed by atoms with van der Waals surface area (Å²) in [5.74, 6) is 0.732. The van der Waals surface area contributed by atoms with Crippen molar-refractivity contribution in [2.45, 2.75) is 48.9 Å². The van der Waals surface area contributed by atoms with Gasteiger partial charge in [-0.3, -0.25) is 0 Å². The molecule has 1 aromatic heterocycles. The van der Waals surface area contributed by atoms with E-state index in [1.54, 1.807) is 23.7 Å². The van der Waals surface area contributed by atoms with E-state index >= 15 is 0 Å². The van der Waals surface area contributed by atoms with E-state index in [1.165, 1.54) is 31.2 Å². The molecule has 0 atom stereocenters. The van der Waals surface area contributed by atoms with Gasteiger partial charge in [-0.25, -0.2) is 9.97 Å². The van der Waals surface area contributed by atoms with Gasteiger partial charge in [0, 0.05) is 11.4 Å². The molecule has 0 bridgehead atoms. The summed E-state index contributed by atoms with van der Waals surface area (Å²) in [6, 6.07) is 8.36. The molecule has 0 unspecified atom stereocenters. The Labute approximate surface area is 148 Å². The normalized spacial score (nSPS) is 14.3. The summed E-state index contributed by atoms with van der Waals surface area (Å²) in [6.07, 6.45) is 10.1. The van der Waals surface area contributed by atoms with Crippen LogP contribution in [0.15, 0.2) is 52.2 Å². The maximum absolute atomic E-state index is 6.26. The Hall–Kier alpha value is -2.01. The fourth-order valence-electron chi connectivity index (χ4n) is 2.79. The zero-order valence-corrected chi connectivity index (χ0v) is 14.9. The Morgan fingerprint density at radius 3 is 2.75 bits per heavy atom. The van der Waals surface area contributed by atoms with Crippen molar-refractivity contribution < 1.29 is 0 Å². The van der Waals surface area contributed by atoms with Gasteiger partial charge >= 0.3 is 0 Å². The summed E-state index contributed by atoms with van der Waals surface area (Å²) in [5, 5.41) is 4.16. The molecular weight excluding hydrogens is 316 g/mol. The maximum atomic E-state index is 6.26. The van der Waals surface area contributed by atoms with Crippen molar-refractivity contribution >= 4 is 23.3 Å². The molecule has 0 fully saturated rings. The van der Waals surface area contributed by atoms with Crippen molar-refractivity contribution in [3.05, 3.63) is 47.8 Å². The summed E-state index contributed by atoms with van der Waals surface area (Å²) in [5.41, 5.74) is 9.68. The monoisotopic (exact) mass is 340 g/mol. The fraction of sp³-hybridized carbons (Fsp3) is 0.368. The Kier molecular flexibility index (Phi) is 5.75. The number of nitrogens with two attached hydrogens (primary N) is 1. The summed E-state index contributed by atoms with van der Waals surface area (Å²) in [4.78, 5) is 9.76. The smallest absolute Gasteiger partial charge is 0.153 e. The van der Waals surface area contributed by atoms with E-state index in [0.717, 1.165) is 28.7 Å². The Balaban J connectivity index is 1.62. The average molecular weight is 340 g/mol. The van der Waals surface area contributed by atoms with Gasteiger partial charge in [-0.1, -0.05) is 41.1 Å². The number of hydrogen-bond acceptors (Lipinski definition) is 5. The summed E-state index contributed by atoms with van der Waals surface area (Å²) in [7, 11) is 0. The van der Waals surface area contributed by atoms with Gasteiger partial charge in [0.15, 0.2) is 5.82 Å². The van der Waals surface area contributed by atoms with Gasteiger partial charge in [0.2, 0.25) is 0 Å². The maximum Gasteiger partial charge on any atom is 0.153 e. The minimum absolute atomic E-state index is 0.626. The molecular formula is C19H24N4S. The molecule has 1 aliphatic carbocycles. The van der Waals surface area contributed by atoms with Gasteiger partial charge in [0.05, 0.1) is 0 Å². The van der Waals surface area contributed by atoms with Crippen LogP contribution in [0.3, 0.4) is 0 Å². The number of nitrogen functional groups attached to an aromatic ring is 1. The number of benzene rings is 1. The van der Waals surface area contributed by atoms with Crippen molar-refractivity contribution in [2.24, 2.45) is 0 Å². The molecule has 1 heterocycles. The van der Waals surface area contributed by atoms with E-state index in [-0.39, 0.29) is 0 Å². The highest BCUT2D eigenvalue weighted by molar-refractivity contribution is 7.99. The molecule has 0 spiro atoms. The lowest BCUT2D eigenvalue weighted by Crippen LogP contribution is -2.09. The Morgan fingerprint density at radius 1 is 1.17 bits per heavy atom. The highest BCUT2D eigenvalue weighted by Crippen LogP contribution is 2.33. The molecule has 1 aromatic carbocycles. The second-order valence-electron chi connectivity index (χ2n) is 6.14. The van der Waals surface area contributed by atoms with E-state index < -0.39 is 0 Å². The molecule has 0 aliphatic heterocycles. The third-order valence-electron chi connectivity index (χ3n) is 4.21. The number of aryl methyl sites for hydroxylation is 1. The summed E-state index contributed by atoms with van der Waals surface area (Å²) < 4.78 is 0. The van der Waals surface area contributed by atoms with Crippen molar-refractivity contribution in [1.82, 2.24) is 9.97 Å². The molecule has 2 aromatic rings. The van der Waals surface area contributed by atoms with Crippen molar-refractivity contribution in [1.29, 1.82) is 0 Å². The zero-order valence-electron chi connectivity index (χ0n) is 14.1. The van der Waals surface area contributed by atoms with Gasteiger partial charge in [-0.15, -0.1) is 0 Å². The topological polar surface area (TPSA) is 63.8 Å². The van der Waals surface area contributed by atoms with Gasteiger partial charge in [0.25, 0.3) is 0 Å². The van der Waals surface area contributed by atoms with Crippen LogP contribution in [0.5, 0.6) is 0 Å². The van der Waals surface area contributed by atoms with Crippen LogP contribution in [-0.2, 0) is 0 Å². The molecule has 126 valence electrons. The first-order valence-electron chi connectivity index (χ1n) is 8.49. The highest BCUT2D eigenvalue weighted by atomic mass is 32.2. The SMILES string of the molecule is Cc1ccc(Sc2ncnc(NCCC3=CCCCC3)c2N)cc1. The minimum Gasteiger partial charge on any atom is -0.394 e. The predicted molar refractivity (Wildman–Crippen MR) is 101 cm³/mol. The third kappa shape index (κ3) is 4.51. The fourth-order valence-corrected chi connectivity index (χ4v) is 3.59. The van der Waals surface area contributed by atoms with Crippen molar-refractivity contribution in [3.63, 3.8) is 0 Å². The average Bonchev–Trinajstić information content (AvgIpc) is 2.61. The van der Waals surface area contributed by atoms with Crippen LogP contribution < -0.4 is 11.1 Å². The molecule has 0 radical (unpaired) electrons. The van der Waals surface area contributed by atoms with E-state index in [2.05, 4.69) is 52.5 Å². The van der Waals surface area contributed by atoms with Crippen molar-refractivity contribution in [2.75, 3.05) is 17.6 Å². The number of anilines is 2. The predicted octanol–water partition coefficient (Wildman–Crippen LogP) is 4.82. The lowest BCUT2D eigenvalue weighted by atomic mass is 9.97. The Bertz CT molecular complexity index is 710. The van der Waals surface area contributed by atoms with Crippen LogP contribution in [0.2, 0.25) is 0 Å². The van der Waals surface area contributed by atoms with Gasteiger partial charge < -0.3 is 11.1 Å². The molecule has 0 amide bonds. The number of rotatable bonds is 6. The number of aromatic nitrogens is 2. The first-order valence-corrected chi connectivity index (χ1v) is 9.31. The molecule has 0 saturated heterocycles. The van der Waals surface area contributed by atoms with Crippen LogP contribution in [0, 0.1) is 6.92 Å². The quantitative estimate of drug-likeness (QED) is 0.583.